The average molecular weight is 551 g/mol. The number of hydrogen-bond donors (Lipinski definition) is 0. The Morgan fingerprint density at radius 2 is 1.41 bits per heavy atom. The molecule has 0 N–H and O–H groups in total. The van der Waals surface area contributed by atoms with Gasteiger partial charge in [-0.15, -0.1) is 0 Å². The summed E-state index contributed by atoms with van der Waals surface area (Å²) in [6.45, 7) is 24.8. The van der Waals surface area contributed by atoms with Crippen molar-refractivity contribution in [1.29, 1.82) is 0 Å². The molecule has 39 heavy (non-hydrogen) atoms. The van der Waals surface area contributed by atoms with Crippen LogP contribution in [0.3, 0.4) is 0 Å². The van der Waals surface area contributed by atoms with Gasteiger partial charge in [-0.3, -0.25) is 4.79 Å². The second-order valence-electron chi connectivity index (χ2n) is 14.2. The van der Waals surface area contributed by atoms with Gasteiger partial charge >= 0.3 is 17.6 Å². The number of nitrogens with zero attached hydrogens (tertiary/aromatic N) is 2. The van der Waals surface area contributed by atoms with Crippen LogP contribution in [0.15, 0.2) is 38.9 Å². The van der Waals surface area contributed by atoms with Crippen LogP contribution in [0.4, 0.5) is 0 Å². The van der Waals surface area contributed by atoms with Gasteiger partial charge in [-0.2, -0.15) is 0 Å². The van der Waals surface area contributed by atoms with Crippen LogP contribution in [-0.4, -0.2) is 41.2 Å². The van der Waals surface area contributed by atoms with Gasteiger partial charge in [-0.05, 0) is 38.7 Å². The number of oxime groups is 1. The highest BCUT2D eigenvalue weighted by atomic mass is 16.6. The van der Waals surface area contributed by atoms with Crippen LogP contribution in [0, 0.1) is 16.2 Å². The molecule has 0 spiro atoms. The van der Waals surface area contributed by atoms with E-state index >= 15 is 0 Å². The van der Waals surface area contributed by atoms with Gasteiger partial charge in [0.25, 0.3) is 0 Å². The van der Waals surface area contributed by atoms with Gasteiger partial charge in [-0.25, -0.2) is 14.3 Å². The monoisotopic (exact) mass is 550 g/mol. The molecule has 1 fully saturated rings. The third-order valence-corrected chi connectivity index (χ3v) is 6.10. The predicted octanol–water partition coefficient (Wildman–Crippen LogP) is 6.26. The fourth-order valence-electron chi connectivity index (χ4n) is 3.43. The second kappa shape index (κ2) is 13.5. The average Bonchev–Trinajstić information content (AvgIpc) is 3.55. The van der Waals surface area contributed by atoms with Crippen molar-refractivity contribution < 1.29 is 28.4 Å². The zero-order valence-corrected chi connectivity index (χ0v) is 26.0. The van der Waals surface area contributed by atoms with E-state index in [-0.39, 0.29) is 57.7 Å². The maximum atomic E-state index is 10.7. The number of aromatic nitrogens is 1. The normalized spacial score (nSPS) is 22.4. The van der Waals surface area contributed by atoms with Crippen LogP contribution >= 0.6 is 0 Å². The number of carbonyl (C=O) groups excluding carboxylic acids is 2. The number of carbonyl (C=O) groups is 2. The molecule has 0 saturated carbocycles. The van der Waals surface area contributed by atoms with Crippen molar-refractivity contribution in [2.24, 2.45) is 21.4 Å². The summed E-state index contributed by atoms with van der Waals surface area (Å²) < 4.78 is 16.4. The lowest BCUT2D eigenvalue weighted by molar-refractivity contribution is -0.145. The zero-order valence-electron chi connectivity index (χ0n) is 26.0. The van der Waals surface area contributed by atoms with Crippen molar-refractivity contribution in [2.75, 3.05) is 0 Å². The second-order valence-corrected chi connectivity index (χ2v) is 14.2. The molecule has 0 bridgehead atoms. The molecule has 1 aromatic rings. The van der Waals surface area contributed by atoms with E-state index in [1.165, 1.54) is 16.9 Å². The maximum absolute atomic E-state index is 10.7. The van der Waals surface area contributed by atoms with Gasteiger partial charge < -0.3 is 18.8 Å². The van der Waals surface area contributed by atoms with E-state index in [9.17, 15) is 14.4 Å². The Bertz CT molecular complexity index is 1030. The minimum absolute atomic E-state index is 0.0304. The zero-order chi connectivity index (χ0) is 30.2. The molecule has 1 saturated heterocycles. The SMILES string of the molecule is CC(C)(C)C1C=CC(=O)O1.CC(C)(C)C1CC=NO1.CC(C)(C)C1CCC(=O)O1.CC(C)(C)n1ccc(=O)o1. The van der Waals surface area contributed by atoms with E-state index in [0.717, 1.165) is 12.8 Å². The molecule has 0 aliphatic carbocycles. The lowest BCUT2D eigenvalue weighted by atomic mass is 9.88. The van der Waals surface area contributed by atoms with E-state index in [1.54, 1.807) is 6.20 Å². The molecule has 0 radical (unpaired) electrons. The summed E-state index contributed by atoms with van der Waals surface area (Å²) in [6, 6.07) is 1.41. The highest BCUT2D eigenvalue weighted by Gasteiger charge is 2.33. The number of rotatable bonds is 0. The lowest BCUT2D eigenvalue weighted by Gasteiger charge is -2.24. The molecule has 9 nitrogen and oxygen atoms in total. The highest BCUT2D eigenvalue weighted by Crippen LogP contribution is 2.30. The van der Waals surface area contributed by atoms with Gasteiger partial charge in [0.05, 0.1) is 5.54 Å². The fourth-order valence-corrected chi connectivity index (χ4v) is 3.43. The van der Waals surface area contributed by atoms with Gasteiger partial charge in [0.2, 0.25) is 0 Å². The molecular weight excluding hydrogens is 500 g/mol. The molecule has 0 aromatic carbocycles. The summed E-state index contributed by atoms with van der Waals surface area (Å²) in [5, 5.41) is 3.71. The van der Waals surface area contributed by atoms with Gasteiger partial charge in [-0.1, -0.05) is 67.5 Å². The first-order valence-electron chi connectivity index (χ1n) is 13.6. The van der Waals surface area contributed by atoms with Crippen LogP contribution < -0.4 is 5.63 Å². The van der Waals surface area contributed by atoms with E-state index < -0.39 is 0 Å². The van der Waals surface area contributed by atoms with Crippen molar-refractivity contribution in [2.45, 2.75) is 126 Å². The Morgan fingerprint density at radius 3 is 1.62 bits per heavy atom. The maximum Gasteiger partial charge on any atom is 0.357 e. The van der Waals surface area contributed by atoms with Crippen molar-refractivity contribution in [1.82, 2.24) is 4.74 Å². The lowest BCUT2D eigenvalue weighted by Crippen LogP contribution is -2.25. The molecule has 4 rings (SSSR count). The molecule has 3 unspecified atom stereocenters. The number of ether oxygens (including phenoxy) is 2. The van der Waals surface area contributed by atoms with Crippen LogP contribution in [0.2, 0.25) is 0 Å². The summed E-state index contributed by atoms with van der Waals surface area (Å²) >= 11 is 0. The van der Waals surface area contributed by atoms with E-state index in [0.29, 0.717) is 6.42 Å². The summed E-state index contributed by atoms with van der Waals surface area (Å²) in [5.41, 5.74) is -0.0523. The number of cyclic esters (lactones) is 2. The molecule has 3 aliphatic rings. The van der Waals surface area contributed by atoms with Crippen LogP contribution in [0.1, 0.15) is 102 Å². The van der Waals surface area contributed by atoms with Crippen LogP contribution in [-0.2, 0) is 29.4 Å². The number of hydrogen-bond acceptors (Lipinski definition) is 8. The summed E-state index contributed by atoms with van der Waals surface area (Å²) in [5.74, 6) is -0.264. The van der Waals surface area contributed by atoms with Gasteiger partial charge in [0, 0.05) is 48.2 Å². The topological polar surface area (TPSA) is 109 Å². The molecular formula is C30H50N2O7. The molecule has 9 heteroatoms. The molecule has 1 aromatic heterocycles. The van der Waals surface area contributed by atoms with Crippen molar-refractivity contribution in [3.63, 3.8) is 0 Å². The Kier molecular flexibility index (Phi) is 11.8. The highest BCUT2D eigenvalue weighted by molar-refractivity contribution is 5.84. The van der Waals surface area contributed by atoms with Crippen molar-refractivity contribution in [3.8, 4) is 0 Å². The van der Waals surface area contributed by atoms with Crippen LogP contribution in [0.25, 0.3) is 0 Å². The Labute approximate surface area is 233 Å². The van der Waals surface area contributed by atoms with E-state index in [4.69, 9.17) is 18.8 Å². The molecule has 222 valence electrons. The Morgan fingerprint density at radius 1 is 0.821 bits per heavy atom. The summed E-state index contributed by atoms with van der Waals surface area (Å²) in [6.07, 6.45) is 9.60. The first-order valence-corrected chi connectivity index (χ1v) is 13.6. The van der Waals surface area contributed by atoms with Gasteiger partial charge in [0.15, 0.2) is 0 Å². The number of esters is 2. The van der Waals surface area contributed by atoms with Crippen LogP contribution in [0.5, 0.6) is 0 Å². The standard InChI is InChI=1S/C8H14O2.C8H12O2.C7H11NO2.C7H13NO/c2*1-8(2,3)6-4-5-7(9)10-6;1-7(2,3)8-5-4-6(9)10-8;1-7(2,3)6-4-5-8-9-6/h6H,4-5H2,1-3H3;4-6H,1-3H3;4-5H,1-3H3;5-6H,4H2,1-3H3. The quantitative estimate of drug-likeness (QED) is 0.351. The van der Waals surface area contributed by atoms with Crippen molar-refractivity contribution in [3.05, 3.63) is 34.8 Å². The molecule has 0 amide bonds. The molecule has 3 atom stereocenters. The molecule has 4 heterocycles. The molecule has 3 aliphatic heterocycles. The minimum atomic E-state index is -0.296. The van der Waals surface area contributed by atoms with E-state index in [2.05, 4.69) is 46.7 Å². The Balaban J connectivity index is 0.000000260. The summed E-state index contributed by atoms with van der Waals surface area (Å²) in [4.78, 5) is 36.9. The first-order chi connectivity index (χ1) is 17.6. The summed E-state index contributed by atoms with van der Waals surface area (Å²) in [7, 11) is 0. The minimum Gasteiger partial charge on any atom is -0.462 e. The Hall–Kier alpha value is -2.84. The van der Waals surface area contributed by atoms with Gasteiger partial charge in [0.1, 0.15) is 18.3 Å². The predicted molar refractivity (Wildman–Crippen MR) is 152 cm³/mol. The third-order valence-electron chi connectivity index (χ3n) is 6.10. The largest absolute Gasteiger partial charge is 0.462 e. The third kappa shape index (κ3) is 12.7. The first kappa shape index (κ1) is 34.2. The smallest absolute Gasteiger partial charge is 0.357 e. The van der Waals surface area contributed by atoms with E-state index in [1.807, 2.05) is 53.8 Å². The van der Waals surface area contributed by atoms with Crippen molar-refractivity contribution >= 4 is 18.2 Å². The fraction of sp³-hybridized carbons (Fsp3) is 0.733.